The summed E-state index contributed by atoms with van der Waals surface area (Å²) in [5, 5.41) is 3.71. The molecule has 0 aromatic heterocycles. The van der Waals surface area contributed by atoms with Gasteiger partial charge in [-0.3, -0.25) is 0 Å². The molecule has 2 atom stereocenters. The van der Waals surface area contributed by atoms with Gasteiger partial charge in [0.05, 0.1) is 0 Å². The highest BCUT2D eigenvalue weighted by Gasteiger charge is 2.47. The van der Waals surface area contributed by atoms with E-state index in [0.717, 1.165) is 19.5 Å². The number of nitrogens with two attached hydrogens (primary N) is 1. The van der Waals surface area contributed by atoms with Crippen LogP contribution in [0.3, 0.4) is 0 Å². The molecule has 0 radical (unpaired) electrons. The minimum atomic E-state index is 0.172. The zero-order chi connectivity index (χ0) is 12.2. The van der Waals surface area contributed by atoms with E-state index < -0.39 is 0 Å². The predicted molar refractivity (Wildman–Crippen MR) is 71.4 cm³/mol. The number of hydrogen-bond acceptors (Lipinski definition) is 2. The fourth-order valence-corrected chi connectivity index (χ4v) is 3.28. The van der Waals surface area contributed by atoms with Crippen molar-refractivity contribution in [2.24, 2.45) is 17.1 Å². The molecule has 1 aliphatic carbocycles. The SMILES string of the molecule is C/C=C/CCNC1(CN)CC(C)(C)CC1C. The van der Waals surface area contributed by atoms with Gasteiger partial charge >= 0.3 is 0 Å². The lowest BCUT2D eigenvalue weighted by atomic mass is 9.86. The minimum absolute atomic E-state index is 0.172. The number of rotatable bonds is 5. The van der Waals surface area contributed by atoms with Crippen molar-refractivity contribution in [3.8, 4) is 0 Å². The quantitative estimate of drug-likeness (QED) is 0.556. The van der Waals surface area contributed by atoms with E-state index in [0.29, 0.717) is 11.3 Å². The first kappa shape index (κ1) is 13.7. The van der Waals surface area contributed by atoms with Gasteiger partial charge in [-0.25, -0.2) is 0 Å². The third-order valence-electron chi connectivity index (χ3n) is 3.98. The summed E-state index contributed by atoms with van der Waals surface area (Å²) in [4.78, 5) is 0. The molecular formula is C14H28N2. The first-order valence-electron chi connectivity index (χ1n) is 6.52. The lowest BCUT2D eigenvalue weighted by Gasteiger charge is -2.34. The number of nitrogens with one attached hydrogen (secondary N) is 1. The average molecular weight is 224 g/mol. The molecule has 3 N–H and O–H groups in total. The molecule has 16 heavy (non-hydrogen) atoms. The molecule has 0 aromatic rings. The molecule has 0 aromatic carbocycles. The molecule has 0 spiro atoms. The monoisotopic (exact) mass is 224 g/mol. The fraction of sp³-hybridized carbons (Fsp3) is 0.857. The van der Waals surface area contributed by atoms with Gasteiger partial charge in [-0.15, -0.1) is 0 Å². The van der Waals surface area contributed by atoms with Crippen molar-refractivity contribution in [1.82, 2.24) is 5.32 Å². The molecule has 1 aliphatic rings. The third-order valence-corrected chi connectivity index (χ3v) is 3.98. The maximum Gasteiger partial charge on any atom is 0.0335 e. The molecule has 0 saturated heterocycles. The maximum atomic E-state index is 6.01. The van der Waals surface area contributed by atoms with Crippen molar-refractivity contribution >= 4 is 0 Å². The van der Waals surface area contributed by atoms with Crippen LogP contribution in [-0.4, -0.2) is 18.6 Å². The predicted octanol–water partition coefficient (Wildman–Crippen LogP) is 2.70. The molecule has 1 rings (SSSR count). The van der Waals surface area contributed by atoms with Gasteiger partial charge < -0.3 is 11.1 Å². The molecule has 0 aliphatic heterocycles. The van der Waals surface area contributed by atoms with Crippen LogP contribution in [0.25, 0.3) is 0 Å². The summed E-state index contributed by atoms with van der Waals surface area (Å²) in [6.07, 6.45) is 7.90. The van der Waals surface area contributed by atoms with Gasteiger partial charge in [-0.05, 0) is 44.1 Å². The van der Waals surface area contributed by atoms with Crippen LogP contribution >= 0.6 is 0 Å². The highest BCUT2D eigenvalue weighted by molar-refractivity contribution is 5.04. The Labute approximate surface area is 101 Å². The molecule has 1 fully saturated rings. The summed E-state index contributed by atoms with van der Waals surface area (Å²) in [6, 6.07) is 0. The summed E-state index contributed by atoms with van der Waals surface area (Å²) < 4.78 is 0. The van der Waals surface area contributed by atoms with Crippen molar-refractivity contribution in [3.05, 3.63) is 12.2 Å². The topological polar surface area (TPSA) is 38.0 Å². The fourth-order valence-electron chi connectivity index (χ4n) is 3.28. The van der Waals surface area contributed by atoms with Crippen LogP contribution in [0.2, 0.25) is 0 Å². The van der Waals surface area contributed by atoms with Gasteiger partial charge in [0.2, 0.25) is 0 Å². The van der Waals surface area contributed by atoms with E-state index in [1.165, 1.54) is 12.8 Å². The normalized spacial score (nSPS) is 33.7. The highest BCUT2D eigenvalue weighted by atomic mass is 15.0. The van der Waals surface area contributed by atoms with Crippen LogP contribution in [0.5, 0.6) is 0 Å². The van der Waals surface area contributed by atoms with Gasteiger partial charge in [0, 0.05) is 12.1 Å². The molecule has 2 heteroatoms. The highest BCUT2D eigenvalue weighted by Crippen LogP contribution is 2.46. The van der Waals surface area contributed by atoms with Crippen LogP contribution in [0.4, 0.5) is 0 Å². The minimum Gasteiger partial charge on any atom is -0.329 e. The third kappa shape index (κ3) is 3.08. The van der Waals surface area contributed by atoms with Gasteiger partial charge in [-0.2, -0.15) is 0 Å². The Morgan fingerprint density at radius 3 is 2.56 bits per heavy atom. The first-order chi connectivity index (χ1) is 7.46. The summed E-state index contributed by atoms with van der Waals surface area (Å²) in [7, 11) is 0. The largest absolute Gasteiger partial charge is 0.329 e. The van der Waals surface area contributed by atoms with Gasteiger partial charge in [0.1, 0.15) is 0 Å². The van der Waals surface area contributed by atoms with E-state index in [2.05, 4.69) is 45.2 Å². The van der Waals surface area contributed by atoms with E-state index in [1.54, 1.807) is 0 Å². The van der Waals surface area contributed by atoms with Crippen LogP contribution in [0.1, 0.15) is 47.0 Å². The Morgan fingerprint density at radius 2 is 2.12 bits per heavy atom. The molecule has 1 saturated carbocycles. The molecule has 2 unspecified atom stereocenters. The maximum absolute atomic E-state index is 6.01. The zero-order valence-corrected chi connectivity index (χ0v) is 11.3. The van der Waals surface area contributed by atoms with Crippen molar-refractivity contribution in [2.75, 3.05) is 13.1 Å². The van der Waals surface area contributed by atoms with Gasteiger partial charge in [-0.1, -0.05) is 32.9 Å². The second kappa shape index (κ2) is 5.33. The van der Waals surface area contributed by atoms with Gasteiger partial charge in [0.15, 0.2) is 0 Å². The van der Waals surface area contributed by atoms with Crippen LogP contribution in [-0.2, 0) is 0 Å². The summed E-state index contributed by atoms with van der Waals surface area (Å²) >= 11 is 0. The Hall–Kier alpha value is -0.340. The summed E-state index contributed by atoms with van der Waals surface area (Å²) in [5.41, 5.74) is 6.62. The average Bonchev–Trinajstić information content (AvgIpc) is 2.44. The summed E-state index contributed by atoms with van der Waals surface area (Å²) in [5.74, 6) is 0.679. The van der Waals surface area contributed by atoms with E-state index in [9.17, 15) is 0 Å². The van der Waals surface area contributed by atoms with Crippen LogP contribution in [0.15, 0.2) is 12.2 Å². The number of hydrogen-bond donors (Lipinski definition) is 2. The molecule has 0 amide bonds. The van der Waals surface area contributed by atoms with Gasteiger partial charge in [0.25, 0.3) is 0 Å². The zero-order valence-electron chi connectivity index (χ0n) is 11.3. The standard InChI is InChI=1S/C14H28N2/c1-5-6-7-8-16-14(11-15)10-13(3,4)9-12(14)2/h5-6,12,16H,7-11,15H2,1-4H3/b6-5+. The Kier molecular flexibility index (Phi) is 4.57. The van der Waals surface area contributed by atoms with E-state index in [-0.39, 0.29) is 5.54 Å². The lowest BCUT2D eigenvalue weighted by Crippen LogP contribution is -2.53. The molecule has 2 nitrogen and oxygen atoms in total. The van der Waals surface area contributed by atoms with Crippen molar-refractivity contribution in [2.45, 2.75) is 52.5 Å². The van der Waals surface area contributed by atoms with Crippen LogP contribution in [0, 0.1) is 11.3 Å². The van der Waals surface area contributed by atoms with E-state index >= 15 is 0 Å². The molecule has 0 bridgehead atoms. The summed E-state index contributed by atoms with van der Waals surface area (Å²) in [6.45, 7) is 10.9. The Bertz CT molecular complexity index is 245. The van der Waals surface area contributed by atoms with Crippen molar-refractivity contribution in [3.63, 3.8) is 0 Å². The molecular weight excluding hydrogens is 196 g/mol. The van der Waals surface area contributed by atoms with Crippen LogP contribution < -0.4 is 11.1 Å². The smallest absolute Gasteiger partial charge is 0.0335 e. The molecule has 94 valence electrons. The Balaban J connectivity index is 2.57. The van der Waals surface area contributed by atoms with E-state index in [1.807, 2.05) is 0 Å². The van der Waals surface area contributed by atoms with Crippen molar-refractivity contribution in [1.29, 1.82) is 0 Å². The number of allylic oxidation sites excluding steroid dienone is 1. The Morgan fingerprint density at radius 1 is 1.44 bits per heavy atom. The molecule has 0 heterocycles. The second-order valence-electron chi connectivity index (χ2n) is 6.09. The first-order valence-corrected chi connectivity index (χ1v) is 6.52. The lowest BCUT2D eigenvalue weighted by molar-refractivity contribution is 0.258. The van der Waals surface area contributed by atoms with E-state index in [4.69, 9.17) is 5.73 Å². The van der Waals surface area contributed by atoms with Crippen molar-refractivity contribution < 1.29 is 0 Å². The second-order valence-corrected chi connectivity index (χ2v) is 6.09.